The molecule has 0 aliphatic heterocycles. The van der Waals surface area contributed by atoms with Crippen LogP contribution in [0.3, 0.4) is 0 Å². The van der Waals surface area contributed by atoms with Crippen LogP contribution >= 0.6 is 7.14 Å². The van der Waals surface area contributed by atoms with E-state index in [9.17, 15) is 9.67 Å². The van der Waals surface area contributed by atoms with Crippen molar-refractivity contribution in [1.29, 1.82) is 0 Å². The molecule has 0 amide bonds. The van der Waals surface area contributed by atoms with Crippen LogP contribution in [0.25, 0.3) is 0 Å². The summed E-state index contributed by atoms with van der Waals surface area (Å²) in [7, 11) is -3.21. The van der Waals surface area contributed by atoms with Gasteiger partial charge in [-0.25, -0.2) is 0 Å². The van der Waals surface area contributed by atoms with Gasteiger partial charge in [0.25, 0.3) is 0 Å². The van der Waals surface area contributed by atoms with E-state index < -0.39 is 7.14 Å². The number of benzene rings is 3. The van der Waals surface area contributed by atoms with Gasteiger partial charge in [-0.2, -0.15) is 0 Å². The Morgan fingerprint density at radius 3 is 1.84 bits per heavy atom. The molecule has 0 spiro atoms. The van der Waals surface area contributed by atoms with Gasteiger partial charge in [0, 0.05) is 10.6 Å². The van der Waals surface area contributed by atoms with Crippen LogP contribution in [-0.2, 0) is 4.57 Å². The highest BCUT2D eigenvalue weighted by atomic mass is 31.2. The highest BCUT2D eigenvalue weighted by molar-refractivity contribution is 7.85. The third-order valence-electron chi connectivity index (χ3n) is 3.90. The largest absolute Gasteiger partial charge is 0.507 e. The minimum atomic E-state index is -3.21. The second kappa shape index (κ2) is 7.16. The number of rotatable bonds is 5. The Hall–Kier alpha value is -2.51. The molecule has 0 atom stereocenters. The topological polar surface area (TPSA) is 46.5 Å². The van der Waals surface area contributed by atoms with Gasteiger partial charge in [0.15, 0.2) is 7.14 Å². The molecule has 0 unspecified atom stereocenters. The Bertz CT molecular complexity index is 846. The second-order valence-corrected chi connectivity index (χ2v) is 8.83. The Balaban J connectivity index is 2.25. The number of hydrogen-bond donors (Lipinski definition) is 1. The van der Waals surface area contributed by atoms with E-state index in [-0.39, 0.29) is 11.9 Å². The Morgan fingerprint density at radius 2 is 1.36 bits per heavy atom. The fourth-order valence-corrected chi connectivity index (χ4v) is 5.55. The predicted molar refractivity (Wildman–Crippen MR) is 103 cm³/mol. The lowest BCUT2D eigenvalue weighted by Gasteiger charge is -2.22. The minimum Gasteiger partial charge on any atom is -0.507 e. The lowest BCUT2D eigenvalue weighted by Crippen LogP contribution is -2.25. The van der Waals surface area contributed by atoms with Crippen LogP contribution in [0.4, 0.5) is 0 Å². The van der Waals surface area contributed by atoms with Gasteiger partial charge in [-0.3, -0.25) is 0 Å². The summed E-state index contributed by atoms with van der Waals surface area (Å²) in [4.78, 5) is 0. The first-order valence-electron chi connectivity index (χ1n) is 8.23. The van der Waals surface area contributed by atoms with Crippen molar-refractivity contribution in [3.05, 3.63) is 78.9 Å². The molecule has 1 N–H and O–H groups in total. The summed E-state index contributed by atoms with van der Waals surface area (Å²) in [6.07, 6.45) is -0.00905. The zero-order valence-corrected chi connectivity index (χ0v) is 15.2. The minimum absolute atomic E-state index is 0.00662. The summed E-state index contributed by atoms with van der Waals surface area (Å²) < 4.78 is 20.0. The van der Waals surface area contributed by atoms with Crippen molar-refractivity contribution < 1.29 is 14.4 Å². The predicted octanol–water partition coefficient (Wildman–Crippen LogP) is 3.82. The summed E-state index contributed by atoms with van der Waals surface area (Å²) in [6.45, 7) is 3.86. The van der Waals surface area contributed by atoms with E-state index in [4.69, 9.17) is 4.74 Å². The van der Waals surface area contributed by atoms with Crippen molar-refractivity contribution in [2.75, 3.05) is 0 Å². The van der Waals surface area contributed by atoms with Crippen LogP contribution in [0.15, 0.2) is 78.9 Å². The van der Waals surface area contributed by atoms with E-state index >= 15 is 0 Å². The molecule has 0 radical (unpaired) electrons. The van der Waals surface area contributed by atoms with Gasteiger partial charge in [-0.15, -0.1) is 0 Å². The van der Waals surface area contributed by atoms with Crippen molar-refractivity contribution in [1.82, 2.24) is 0 Å². The molecule has 0 aliphatic rings. The van der Waals surface area contributed by atoms with E-state index in [1.807, 2.05) is 74.5 Å². The number of ether oxygens (including phenoxy) is 1. The van der Waals surface area contributed by atoms with E-state index in [0.717, 1.165) is 0 Å². The third kappa shape index (κ3) is 3.47. The van der Waals surface area contributed by atoms with Gasteiger partial charge < -0.3 is 14.4 Å². The van der Waals surface area contributed by atoms with Crippen LogP contribution in [0.5, 0.6) is 11.5 Å². The van der Waals surface area contributed by atoms with Gasteiger partial charge >= 0.3 is 0 Å². The third-order valence-corrected chi connectivity index (χ3v) is 6.98. The smallest absolute Gasteiger partial charge is 0.174 e. The molecular weight excluding hydrogens is 331 g/mol. The molecule has 128 valence electrons. The first kappa shape index (κ1) is 17.3. The molecule has 3 rings (SSSR count). The van der Waals surface area contributed by atoms with Crippen molar-refractivity contribution >= 4 is 23.1 Å². The Morgan fingerprint density at radius 1 is 0.840 bits per heavy atom. The molecule has 3 nitrogen and oxygen atoms in total. The van der Waals surface area contributed by atoms with Gasteiger partial charge in [-0.1, -0.05) is 60.7 Å². The highest BCUT2D eigenvalue weighted by Gasteiger charge is 2.32. The Labute approximate surface area is 148 Å². The summed E-state index contributed by atoms with van der Waals surface area (Å²) in [6, 6.07) is 23.5. The summed E-state index contributed by atoms with van der Waals surface area (Å²) in [5.74, 6) is 0.599. The maximum atomic E-state index is 14.3. The quantitative estimate of drug-likeness (QED) is 0.710. The number of phenolic OH excluding ortho intramolecular Hbond substituents is 1. The highest BCUT2D eigenvalue weighted by Crippen LogP contribution is 2.45. The number of hydrogen-bond acceptors (Lipinski definition) is 3. The van der Waals surface area contributed by atoms with E-state index in [1.165, 1.54) is 0 Å². The molecule has 0 aromatic heterocycles. The van der Waals surface area contributed by atoms with E-state index in [1.54, 1.807) is 18.2 Å². The van der Waals surface area contributed by atoms with Crippen LogP contribution in [0.1, 0.15) is 13.8 Å². The summed E-state index contributed by atoms with van der Waals surface area (Å²) in [5, 5.41) is 12.2. The van der Waals surface area contributed by atoms with Gasteiger partial charge in [0.05, 0.1) is 11.4 Å². The van der Waals surface area contributed by atoms with Crippen molar-refractivity contribution in [2.45, 2.75) is 20.0 Å². The normalized spacial score (nSPS) is 11.5. The van der Waals surface area contributed by atoms with Crippen LogP contribution in [0, 0.1) is 0 Å². The standard InChI is InChI=1S/C21H21O3P/c1-16(2)24-17-13-14-20(22)21(15-17)25(23,18-9-5-3-6-10-18)19-11-7-4-8-12-19/h3-16,22H,1-2H3. The Kier molecular flexibility index (Phi) is 4.96. The molecule has 3 aromatic rings. The number of phenols is 1. The summed E-state index contributed by atoms with van der Waals surface area (Å²) in [5.41, 5.74) is 0. The fraction of sp³-hybridized carbons (Fsp3) is 0.143. The molecular formula is C21H21O3P. The van der Waals surface area contributed by atoms with E-state index in [2.05, 4.69) is 0 Å². The average molecular weight is 352 g/mol. The fourth-order valence-electron chi connectivity index (χ4n) is 2.80. The second-order valence-electron chi connectivity index (χ2n) is 6.10. The van der Waals surface area contributed by atoms with Crippen LogP contribution in [0.2, 0.25) is 0 Å². The monoisotopic (exact) mass is 352 g/mol. The summed E-state index contributed by atoms with van der Waals surface area (Å²) >= 11 is 0. The first-order chi connectivity index (χ1) is 12.0. The average Bonchev–Trinajstić information content (AvgIpc) is 2.64. The lowest BCUT2D eigenvalue weighted by molar-refractivity contribution is 0.242. The zero-order chi connectivity index (χ0) is 17.9. The van der Waals surface area contributed by atoms with Gasteiger partial charge in [-0.05, 0) is 32.0 Å². The molecule has 4 heteroatoms. The van der Waals surface area contributed by atoms with Crippen molar-refractivity contribution in [2.24, 2.45) is 0 Å². The van der Waals surface area contributed by atoms with Crippen molar-refractivity contribution in [3.8, 4) is 11.5 Å². The van der Waals surface area contributed by atoms with E-state index in [0.29, 0.717) is 21.7 Å². The molecule has 0 heterocycles. The molecule has 0 fully saturated rings. The molecule has 0 aliphatic carbocycles. The maximum Gasteiger partial charge on any atom is 0.174 e. The molecule has 0 saturated heterocycles. The number of aromatic hydroxyl groups is 1. The molecule has 25 heavy (non-hydrogen) atoms. The zero-order valence-electron chi connectivity index (χ0n) is 14.3. The first-order valence-corrected chi connectivity index (χ1v) is 9.94. The van der Waals surface area contributed by atoms with Crippen LogP contribution < -0.4 is 20.7 Å². The lowest BCUT2D eigenvalue weighted by atomic mass is 10.3. The SMILES string of the molecule is CC(C)Oc1ccc(O)c(P(=O)(c2ccccc2)c2ccccc2)c1. The molecule has 0 bridgehead atoms. The maximum absolute atomic E-state index is 14.3. The molecule has 0 saturated carbocycles. The van der Waals surface area contributed by atoms with Crippen molar-refractivity contribution in [3.63, 3.8) is 0 Å². The van der Waals surface area contributed by atoms with Gasteiger partial charge in [0.2, 0.25) is 0 Å². The van der Waals surface area contributed by atoms with Gasteiger partial charge in [0.1, 0.15) is 11.5 Å². The van der Waals surface area contributed by atoms with Crippen LogP contribution in [-0.4, -0.2) is 11.2 Å². The molecule has 3 aromatic carbocycles.